The molecule has 0 saturated carbocycles. The minimum Gasteiger partial charge on any atom is -0.481 e. The van der Waals surface area contributed by atoms with E-state index < -0.39 is 5.97 Å². The lowest BCUT2D eigenvalue weighted by atomic mass is 9.98. The molecule has 0 radical (unpaired) electrons. The van der Waals surface area contributed by atoms with Crippen LogP contribution in [-0.2, 0) is 11.2 Å². The number of carbonyl (C=O) groups is 1. The molecule has 2 rings (SSSR count). The number of nitrogens with zero attached hydrogens (tertiary/aromatic N) is 1. The van der Waals surface area contributed by atoms with E-state index in [2.05, 4.69) is 30.0 Å². The van der Waals surface area contributed by atoms with Crippen molar-refractivity contribution in [1.29, 1.82) is 0 Å². The van der Waals surface area contributed by atoms with Crippen molar-refractivity contribution < 1.29 is 9.90 Å². The van der Waals surface area contributed by atoms with Crippen LogP contribution in [0.5, 0.6) is 0 Å². The molecule has 0 aromatic heterocycles. The number of benzene rings is 1. The standard InChI is InChI=1S/C14H19NO2/c1-10-5-6-13-12(8-10)4-3-7-15(13)9-11(2)14(16)17/h5-6,8,11H,3-4,7,9H2,1-2H3,(H,16,17). The molecule has 1 heterocycles. The van der Waals surface area contributed by atoms with Crippen LogP contribution in [0, 0.1) is 12.8 Å². The predicted molar refractivity (Wildman–Crippen MR) is 68.5 cm³/mol. The van der Waals surface area contributed by atoms with Crippen molar-refractivity contribution in [3.63, 3.8) is 0 Å². The van der Waals surface area contributed by atoms with Crippen molar-refractivity contribution in [2.75, 3.05) is 18.0 Å². The third-order valence-corrected chi connectivity index (χ3v) is 3.37. The Kier molecular flexibility index (Phi) is 3.36. The Morgan fingerprint density at radius 3 is 3.00 bits per heavy atom. The summed E-state index contributed by atoms with van der Waals surface area (Å²) in [4.78, 5) is 13.1. The van der Waals surface area contributed by atoms with Gasteiger partial charge in [-0.3, -0.25) is 4.79 Å². The smallest absolute Gasteiger partial charge is 0.308 e. The van der Waals surface area contributed by atoms with Crippen LogP contribution >= 0.6 is 0 Å². The van der Waals surface area contributed by atoms with Gasteiger partial charge in [0.25, 0.3) is 0 Å². The molecule has 1 aromatic rings. The molecule has 3 nitrogen and oxygen atoms in total. The van der Waals surface area contributed by atoms with Crippen LogP contribution in [0.15, 0.2) is 18.2 Å². The molecule has 1 aliphatic heterocycles. The quantitative estimate of drug-likeness (QED) is 0.872. The van der Waals surface area contributed by atoms with Crippen LogP contribution < -0.4 is 4.90 Å². The predicted octanol–water partition coefficient (Wildman–Crippen LogP) is 2.47. The number of aryl methyl sites for hydroxylation is 2. The van der Waals surface area contributed by atoms with Crippen LogP contribution in [0.4, 0.5) is 5.69 Å². The van der Waals surface area contributed by atoms with Gasteiger partial charge in [0.1, 0.15) is 0 Å². The summed E-state index contributed by atoms with van der Waals surface area (Å²) in [6.07, 6.45) is 2.22. The van der Waals surface area contributed by atoms with E-state index in [9.17, 15) is 4.79 Å². The van der Waals surface area contributed by atoms with Gasteiger partial charge in [-0.2, -0.15) is 0 Å². The van der Waals surface area contributed by atoms with Gasteiger partial charge in [-0.05, 0) is 31.4 Å². The van der Waals surface area contributed by atoms with E-state index in [1.807, 2.05) is 0 Å². The third kappa shape index (κ3) is 2.60. The van der Waals surface area contributed by atoms with Crippen LogP contribution in [0.3, 0.4) is 0 Å². The van der Waals surface area contributed by atoms with Gasteiger partial charge in [-0.25, -0.2) is 0 Å². The second-order valence-corrected chi connectivity index (χ2v) is 4.92. The first kappa shape index (κ1) is 12.0. The molecule has 0 saturated heterocycles. The molecular weight excluding hydrogens is 214 g/mol. The zero-order valence-electron chi connectivity index (χ0n) is 10.4. The van der Waals surface area contributed by atoms with Crippen molar-refractivity contribution in [2.45, 2.75) is 26.7 Å². The summed E-state index contributed by atoms with van der Waals surface area (Å²) < 4.78 is 0. The molecule has 17 heavy (non-hydrogen) atoms. The largest absolute Gasteiger partial charge is 0.481 e. The maximum Gasteiger partial charge on any atom is 0.308 e. The Hall–Kier alpha value is -1.51. The number of aliphatic carboxylic acids is 1. The third-order valence-electron chi connectivity index (χ3n) is 3.37. The summed E-state index contributed by atoms with van der Waals surface area (Å²) in [7, 11) is 0. The molecule has 0 fully saturated rings. The molecule has 0 amide bonds. The molecule has 0 aliphatic carbocycles. The number of anilines is 1. The van der Waals surface area contributed by atoms with Gasteiger partial charge in [0.05, 0.1) is 5.92 Å². The maximum absolute atomic E-state index is 10.9. The van der Waals surface area contributed by atoms with Gasteiger partial charge in [-0.15, -0.1) is 0 Å². The summed E-state index contributed by atoms with van der Waals surface area (Å²) in [5.41, 5.74) is 3.85. The first-order valence-corrected chi connectivity index (χ1v) is 6.15. The monoisotopic (exact) mass is 233 g/mol. The highest BCUT2D eigenvalue weighted by Gasteiger charge is 2.21. The highest BCUT2D eigenvalue weighted by Crippen LogP contribution is 2.28. The molecule has 0 bridgehead atoms. The van der Waals surface area contributed by atoms with Gasteiger partial charge in [0.15, 0.2) is 0 Å². The fourth-order valence-corrected chi connectivity index (χ4v) is 2.40. The van der Waals surface area contributed by atoms with Crippen molar-refractivity contribution >= 4 is 11.7 Å². The zero-order valence-corrected chi connectivity index (χ0v) is 10.4. The number of hydrogen-bond donors (Lipinski definition) is 1. The Morgan fingerprint density at radius 2 is 2.29 bits per heavy atom. The van der Waals surface area contributed by atoms with Gasteiger partial charge in [-0.1, -0.05) is 24.6 Å². The minimum absolute atomic E-state index is 0.317. The summed E-state index contributed by atoms with van der Waals surface area (Å²) in [6.45, 7) is 5.43. The SMILES string of the molecule is Cc1ccc2c(c1)CCCN2CC(C)C(=O)O. The zero-order chi connectivity index (χ0) is 12.4. The number of hydrogen-bond acceptors (Lipinski definition) is 2. The molecule has 1 unspecified atom stereocenters. The lowest BCUT2D eigenvalue weighted by molar-refractivity contribution is -0.140. The van der Waals surface area contributed by atoms with Crippen LogP contribution in [0.25, 0.3) is 0 Å². The van der Waals surface area contributed by atoms with Crippen LogP contribution in [0.1, 0.15) is 24.5 Å². The second-order valence-electron chi connectivity index (χ2n) is 4.92. The average molecular weight is 233 g/mol. The number of carboxylic acid groups (broad SMARTS) is 1. The highest BCUT2D eigenvalue weighted by atomic mass is 16.4. The topological polar surface area (TPSA) is 40.5 Å². The normalized spacial score (nSPS) is 16.5. The second kappa shape index (κ2) is 4.78. The molecule has 1 aliphatic rings. The molecule has 1 N–H and O–H groups in total. The number of carboxylic acids is 1. The van der Waals surface area contributed by atoms with E-state index in [-0.39, 0.29) is 5.92 Å². The van der Waals surface area contributed by atoms with E-state index in [0.29, 0.717) is 6.54 Å². The Labute approximate surface area is 102 Å². The average Bonchev–Trinajstić information content (AvgIpc) is 2.28. The van der Waals surface area contributed by atoms with Gasteiger partial charge >= 0.3 is 5.97 Å². The van der Waals surface area contributed by atoms with Crippen molar-refractivity contribution in [3.05, 3.63) is 29.3 Å². The first-order valence-electron chi connectivity index (χ1n) is 6.15. The number of rotatable bonds is 3. The summed E-state index contributed by atoms with van der Waals surface area (Å²) in [6, 6.07) is 6.44. The Balaban J connectivity index is 2.20. The molecular formula is C14H19NO2. The van der Waals surface area contributed by atoms with E-state index >= 15 is 0 Å². The van der Waals surface area contributed by atoms with Gasteiger partial charge in [0.2, 0.25) is 0 Å². The maximum atomic E-state index is 10.9. The fourth-order valence-electron chi connectivity index (χ4n) is 2.40. The first-order chi connectivity index (χ1) is 8.08. The molecule has 1 aromatic carbocycles. The van der Waals surface area contributed by atoms with Gasteiger partial charge < -0.3 is 10.0 Å². The van der Waals surface area contributed by atoms with Crippen LogP contribution in [0.2, 0.25) is 0 Å². The lowest BCUT2D eigenvalue weighted by Crippen LogP contribution is -2.35. The Bertz CT molecular complexity index is 428. The molecule has 1 atom stereocenters. The highest BCUT2D eigenvalue weighted by molar-refractivity contribution is 5.71. The lowest BCUT2D eigenvalue weighted by Gasteiger charge is -2.32. The minimum atomic E-state index is -0.718. The fraction of sp³-hybridized carbons (Fsp3) is 0.500. The van der Waals surface area contributed by atoms with Crippen molar-refractivity contribution in [3.8, 4) is 0 Å². The molecule has 92 valence electrons. The van der Waals surface area contributed by atoms with E-state index in [4.69, 9.17) is 5.11 Å². The van der Waals surface area contributed by atoms with E-state index in [1.165, 1.54) is 16.8 Å². The Morgan fingerprint density at radius 1 is 1.53 bits per heavy atom. The van der Waals surface area contributed by atoms with Crippen molar-refractivity contribution in [2.24, 2.45) is 5.92 Å². The summed E-state index contributed by atoms with van der Waals surface area (Å²) in [5.74, 6) is -1.04. The van der Waals surface area contributed by atoms with Gasteiger partial charge in [0, 0.05) is 18.8 Å². The summed E-state index contributed by atoms with van der Waals surface area (Å²) in [5, 5.41) is 8.98. The number of fused-ring (bicyclic) bond motifs is 1. The molecule has 0 spiro atoms. The van der Waals surface area contributed by atoms with E-state index in [1.54, 1.807) is 6.92 Å². The van der Waals surface area contributed by atoms with E-state index in [0.717, 1.165) is 19.4 Å². The molecule has 3 heteroatoms. The van der Waals surface area contributed by atoms with Crippen molar-refractivity contribution in [1.82, 2.24) is 0 Å². The summed E-state index contributed by atoms with van der Waals surface area (Å²) >= 11 is 0. The van der Waals surface area contributed by atoms with Crippen LogP contribution in [-0.4, -0.2) is 24.2 Å².